The molecule has 0 saturated heterocycles. The molecule has 9 heteroatoms. The molecule has 0 aliphatic heterocycles. The third kappa shape index (κ3) is 5.05. The van der Waals surface area contributed by atoms with Crippen molar-refractivity contribution in [2.24, 2.45) is 0 Å². The van der Waals surface area contributed by atoms with Gasteiger partial charge in [-0.15, -0.1) is 0 Å². The molecule has 0 radical (unpaired) electrons. The molecule has 202 valence electrons. The largest absolute Gasteiger partial charge is 0.441 e. The molecule has 3 aromatic carbocycles. The van der Waals surface area contributed by atoms with Gasteiger partial charge in [0.25, 0.3) is 0 Å². The van der Waals surface area contributed by atoms with E-state index in [4.69, 9.17) is 15.2 Å². The van der Waals surface area contributed by atoms with Crippen LogP contribution in [0.3, 0.4) is 0 Å². The van der Waals surface area contributed by atoms with Gasteiger partial charge in [0, 0.05) is 41.1 Å². The number of anilines is 2. The van der Waals surface area contributed by atoms with E-state index in [0.29, 0.717) is 28.7 Å². The van der Waals surface area contributed by atoms with Gasteiger partial charge in [-0.25, -0.2) is 19.2 Å². The first kappa shape index (κ1) is 25.4. The molecule has 2 aromatic heterocycles. The molecule has 40 heavy (non-hydrogen) atoms. The molecule has 5 aromatic rings. The van der Waals surface area contributed by atoms with Gasteiger partial charge in [0.05, 0.1) is 16.9 Å². The fourth-order valence-electron chi connectivity index (χ4n) is 4.96. The number of nitrogens with two attached hydrogens (primary N) is 1. The average Bonchev–Trinajstić information content (AvgIpc) is 3.20. The number of carbonyl (C=O) groups excluding carboxylic acids is 1. The Kier molecular flexibility index (Phi) is 6.77. The van der Waals surface area contributed by atoms with Crippen molar-refractivity contribution in [1.29, 1.82) is 0 Å². The molecule has 1 aliphatic carbocycles. The summed E-state index contributed by atoms with van der Waals surface area (Å²) in [5.41, 5.74) is 11.6. The van der Waals surface area contributed by atoms with Crippen LogP contribution in [0.25, 0.3) is 22.2 Å². The van der Waals surface area contributed by atoms with E-state index in [9.17, 15) is 9.18 Å². The standard InChI is InChI=1S/C31H28FN5O3/c1-19(20-6-10-22(32)11-7-20)39-31(38)36-23-12-8-21(9-13-23)29-28(33)26-15-14-25(40-30-34-16-3-17-35-30)18-27(26)37(29)24-4-2-5-24/h3,6-19,24H,2,4-5,33H2,1H3,(H,36,38)/t19-/m1/s1. The monoisotopic (exact) mass is 537 g/mol. The molecule has 0 spiro atoms. The number of amides is 1. The van der Waals surface area contributed by atoms with Crippen molar-refractivity contribution in [2.75, 3.05) is 11.1 Å². The van der Waals surface area contributed by atoms with Gasteiger partial charge in [0.2, 0.25) is 0 Å². The molecule has 1 amide bonds. The van der Waals surface area contributed by atoms with E-state index >= 15 is 0 Å². The second-order valence-electron chi connectivity index (χ2n) is 9.83. The normalized spacial score (nSPS) is 13.9. The van der Waals surface area contributed by atoms with Gasteiger partial charge in [-0.1, -0.05) is 24.3 Å². The van der Waals surface area contributed by atoms with Crippen LogP contribution in [0, 0.1) is 5.82 Å². The number of ether oxygens (including phenoxy) is 2. The molecule has 1 saturated carbocycles. The maximum absolute atomic E-state index is 13.2. The summed E-state index contributed by atoms with van der Waals surface area (Å²) < 4.78 is 26.9. The third-order valence-electron chi connectivity index (χ3n) is 7.23. The molecule has 8 nitrogen and oxygen atoms in total. The van der Waals surface area contributed by atoms with E-state index in [1.54, 1.807) is 37.5 Å². The number of nitrogens with zero attached hydrogens (tertiary/aromatic N) is 3. The summed E-state index contributed by atoms with van der Waals surface area (Å²) in [5.74, 6) is 0.296. The van der Waals surface area contributed by atoms with Crippen molar-refractivity contribution in [1.82, 2.24) is 14.5 Å². The Balaban J connectivity index is 1.25. The quantitative estimate of drug-likeness (QED) is 0.221. The van der Waals surface area contributed by atoms with Crippen LogP contribution >= 0.6 is 0 Å². The van der Waals surface area contributed by atoms with E-state index < -0.39 is 12.2 Å². The van der Waals surface area contributed by atoms with Crippen LogP contribution in [0.4, 0.5) is 20.6 Å². The van der Waals surface area contributed by atoms with Crippen LogP contribution in [-0.4, -0.2) is 20.6 Å². The number of hydrogen-bond donors (Lipinski definition) is 2. The summed E-state index contributed by atoms with van der Waals surface area (Å²) in [5, 5.41) is 3.71. The highest BCUT2D eigenvalue weighted by Crippen LogP contribution is 2.45. The number of aromatic nitrogens is 3. The first-order valence-corrected chi connectivity index (χ1v) is 13.2. The van der Waals surface area contributed by atoms with E-state index in [-0.39, 0.29) is 11.8 Å². The number of benzene rings is 3. The lowest BCUT2D eigenvalue weighted by Gasteiger charge is -2.30. The number of nitrogens with one attached hydrogen (secondary N) is 1. The maximum Gasteiger partial charge on any atom is 0.412 e. The Labute approximate surface area is 230 Å². The number of nitrogen functional groups attached to an aromatic ring is 1. The number of hydrogen-bond acceptors (Lipinski definition) is 6. The lowest BCUT2D eigenvalue weighted by atomic mass is 9.92. The van der Waals surface area contributed by atoms with Crippen molar-refractivity contribution in [3.8, 4) is 23.0 Å². The Bertz CT molecular complexity index is 1650. The first-order valence-electron chi connectivity index (χ1n) is 13.2. The highest BCUT2D eigenvalue weighted by atomic mass is 19.1. The Hall–Kier alpha value is -4.92. The smallest absolute Gasteiger partial charge is 0.412 e. The van der Waals surface area contributed by atoms with E-state index in [1.807, 2.05) is 42.5 Å². The van der Waals surface area contributed by atoms with Crippen LogP contribution in [0.5, 0.6) is 11.8 Å². The second kappa shape index (κ2) is 10.7. The van der Waals surface area contributed by atoms with Gasteiger partial charge >= 0.3 is 12.1 Å². The summed E-state index contributed by atoms with van der Waals surface area (Å²) in [6.45, 7) is 1.74. The van der Waals surface area contributed by atoms with Gasteiger partial charge in [-0.05, 0) is 74.2 Å². The van der Waals surface area contributed by atoms with E-state index in [2.05, 4.69) is 19.9 Å². The predicted molar refractivity (Wildman–Crippen MR) is 152 cm³/mol. The van der Waals surface area contributed by atoms with Gasteiger partial charge in [0.1, 0.15) is 17.7 Å². The van der Waals surface area contributed by atoms with Gasteiger partial charge in [-0.2, -0.15) is 0 Å². The van der Waals surface area contributed by atoms with Crippen LogP contribution in [0.2, 0.25) is 0 Å². The highest BCUT2D eigenvalue weighted by Gasteiger charge is 2.27. The topological polar surface area (TPSA) is 104 Å². The molecule has 2 heterocycles. The molecule has 1 atom stereocenters. The molecule has 3 N–H and O–H groups in total. The minimum absolute atomic E-state index is 0.283. The van der Waals surface area contributed by atoms with Crippen molar-refractivity contribution >= 4 is 28.4 Å². The average molecular weight is 538 g/mol. The number of fused-ring (bicyclic) bond motifs is 1. The lowest BCUT2D eigenvalue weighted by Crippen LogP contribution is -2.18. The molecular formula is C31H28FN5O3. The molecule has 1 aliphatic rings. The zero-order valence-corrected chi connectivity index (χ0v) is 21.9. The number of carbonyl (C=O) groups is 1. The summed E-state index contributed by atoms with van der Waals surface area (Å²) in [6.07, 6.45) is 5.46. The van der Waals surface area contributed by atoms with Crippen molar-refractivity contribution in [3.63, 3.8) is 0 Å². The van der Waals surface area contributed by atoms with Crippen LogP contribution in [0.15, 0.2) is 85.2 Å². The summed E-state index contributed by atoms with van der Waals surface area (Å²) in [4.78, 5) is 20.8. The van der Waals surface area contributed by atoms with Crippen molar-refractivity contribution in [2.45, 2.75) is 38.3 Å². The maximum atomic E-state index is 13.2. The molecular weight excluding hydrogens is 509 g/mol. The molecule has 0 bridgehead atoms. The van der Waals surface area contributed by atoms with Crippen LogP contribution in [0.1, 0.15) is 43.9 Å². The zero-order chi connectivity index (χ0) is 27.6. The molecule has 1 fully saturated rings. The SMILES string of the molecule is C[C@@H](OC(=O)Nc1ccc(-c2c(N)c3ccc(Oc4ncccn4)cc3n2C2CCC2)cc1)c1ccc(F)cc1. The highest BCUT2D eigenvalue weighted by molar-refractivity contribution is 6.01. The molecule has 6 rings (SSSR count). The van der Waals surface area contributed by atoms with Crippen LogP contribution < -0.4 is 15.8 Å². The Morgan fingerprint density at radius 1 is 1.05 bits per heavy atom. The van der Waals surface area contributed by atoms with Gasteiger partial charge < -0.3 is 19.8 Å². The van der Waals surface area contributed by atoms with Crippen molar-refractivity contribution < 1.29 is 18.7 Å². The van der Waals surface area contributed by atoms with E-state index in [0.717, 1.165) is 35.0 Å². The number of halogens is 1. The summed E-state index contributed by atoms with van der Waals surface area (Å²) in [7, 11) is 0. The van der Waals surface area contributed by atoms with Gasteiger partial charge in [-0.3, -0.25) is 5.32 Å². The molecule has 0 unspecified atom stereocenters. The van der Waals surface area contributed by atoms with Crippen molar-refractivity contribution in [3.05, 3.63) is 96.6 Å². The first-order chi connectivity index (χ1) is 19.5. The third-order valence-corrected chi connectivity index (χ3v) is 7.23. The van der Waals surface area contributed by atoms with E-state index in [1.165, 1.54) is 18.6 Å². The van der Waals surface area contributed by atoms with Gasteiger partial charge in [0.15, 0.2) is 0 Å². The summed E-state index contributed by atoms with van der Waals surface area (Å²) in [6, 6.07) is 21.6. The van der Waals surface area contributed by atoms with Crippen LogP contribution in [-0.2, 0) is 4.74 Å². The fraction of sp³-hybridized carbons (Fsp3) is 0.194. The predicted octanol–water partition coefficient (Wildman–Crippen LogP) is 7.65. The Morgan fingerprint density at radius 2 is 1.77 bits per heavy atom. The minimum Gasteiger partial charge on any atom is -0.441 e. The summed E-state index contributed by atoms with van der Waals surface area (Å²) >= 11 is 0. The Morgan fingerprint density at radius 3 is 2.45 bits per heavy atom. The fourth-order valence-corrected chi connectivity index (χ4v) is 4.96. The lowest BCUT2D eigenvalue weighted by molar-refractivity contribution is 0.121. The number of rotatable bonds is 7. The second-order valence-corrected chi connectivity index (χ2v) is 9.83. The minimum atomic E-state index is -0.595. The zero-order valence-electron chi connectivity index (χ0n) is 21.9.